The molecule has 2 aliphatic rings. The number of hydrogen-bond acceptors (Lipinski definition) is 4. The van der Waals surface area contributed by atoms with Gasteiger partial charge in [0.15, 0.2) is 5.82 Å². The lowest BCUT2D eigenvalue weighted by molar-refractivity contribution is 0.00578. The Morgan fingerprint density at radius 1 is 1.13 bits per heavy atom. The number of halogens is 1. The van der Waals surface area contributed by atoms with Gasteiger partial charge in [-0.05, 0) is 51.7 Å². The lowest BCUT2D eigenvalue weighted by atomic mass is 9.79. The molecule has 4 nitrogen and oxygen atoms in total. The molecule has 0 radical (unpaired) electrons. The normalized spacial score (nSPS) is 27.3. The Hall–Kier alpha value is -1.89. The fraction of sp³-hybridized carbons (Fsp3) is 0.529. The molecule has 118 valence electrons. The van der Waals surface area contributed by atoms with Crippen molar-refractivity contribution in [2.45, 2.75) is 57.1 Å². The molecule has 1 aliphatic heterocycles. The van der Waals surface area contributed by atoms with Gasteiger partial charge in [0, 0.05) is 5.82 Å². The zero-order chi connectivity index (χ0) is 17.0. The van der Waals surface area contributed by atoms with Crippen molar-refractivity contribution in [1.82, 2.24) is 0 Å². The smallest absolute Gasteiger partial charge is 0.403 e. The van der Waals surface area contributed by atoms with Crippen LogP contribution in [0.4, 0.5) is 4.39 Å². The minimum absolute atomic E-state index is 0.0293. The van der Waals surface area contributed by atoms with Crippen LogP contribution in [-0.2, 0) is 9.31 Å². The largest absolute Gasteiger partial charge is 0.461 e. The van der Waals surface area contributed by atoms with Gasteiger partial charge in [-0.25, -0.2) is 4.39 Å². The number of nitriles is 2. The van der Waals surface area contributed by atoms with E-state index in [1.165, 1.54) is 6.07 Å². The predicted octanol–water partition coefficient (Wildman–Crippen LogP) is 3.52. The van der Waals surface area contributed by atoms with E-state index in [9.17, 15) is 9.65 Å². The van der Waals surface area contributed by atoms with Gasteiger partial charge in [0.05, 0.1) is 22.3 Å². The number of benzene rings is 1. The van der Waals surface area contributed by atoms with E-state index in [2.05, 4.69) is 0 Å². The van der Waals surface area contributed by atoms with Crippen LogP contribution in [0.15, 0.2) is 12.1 Å². The summed E-state index contributed by atoms with van der Waals surface area (Å²) in [4.78, 5) is 0. The summed E-state index contributed by atoms with van der Waals surface area (Å²) in [6, 6.07) is 6.78. The molecule has 1 saturated heterocycles. The maximum atomic E-state index is 14.2. The van der Waals surface area contributed by atoms with Crippen LogP contribution in [0.5, 0.6) is 0 Å². The Bertz CT molecular complexity index is 732. The maximum Gasteiger partial charge on any atom is 0.461 e. The monoisotopic (exact) mass is 312 g/mol. The third-order valence-electron chi connectivity index (χ3n) is 5.27. The molecule has 23 heavy (non-hydrogen) atoms. The van der Waals surface area contributed by atoms with Crippen LogP contribution in [0.1, 0.15) is 56.7 Å². The second kappa shape index (κ2) is 5.06. The summed E-state index contributed by atoms with van der Waals surface area (Å²) in [5.41, 5.74) is -0.299. The SMILES string of the molecule is CC1(C)OB([C@H]2CC2c2ccc(C#N)c(F)c2C#N)OC1(C)C. The van der Waals surface area contributed by atoms with Crippen LogP contribution >= 0.6 is 0 Å². The highest BCUT2D eigenvalue weighted by atomic mass is 19.1. The molecule has 3 rings (SSSR count). The standard InChI is InChI=1S/C17H18BFN2O2/c1-16(2)17(3,4)23-18(22-16)14-7-12(14)11-6-5-10(8-20)15(19)13(11)9-21/h5-6,12,14H,7H2,1-4H3/t12?,14-/m0/s1. The van der Waals surface area contributed by atoms with Crippen molar-refractivity contribution >= 4 is 7.12 Å². The maximum absolute atomic E-state index is 14.2. The molecule has 2 fully saturated rings. The molecule has 0 spiro atoms. The van der Waals surface area contributed by atoms with E-state index in [1.54, 1.807) is 12.1 Å². The summed E-state index contributed by atoms with van der Waals surface area (Å²) in [7, 11) is -0.352. The second-order valence-electron chi connectivity index (χ2n) is 7.25. The van der Waals surface area contributed by atoms with Crippen LogP contribution in [0.25, 0.3) is 0 Å². The molecule has 0 bridgehead atoms. The van der Waals surface area contributed by atoms with Gasteiger partial charge in [0.25, 0.3) is 0 Å². The molecule has 1 unspecified atom stereocenters. The zero-order valence-electron chi connectivity index (χ0n) is 13.7. The molecule has 0 N–H and O–H groups in total. The number of nitrogens with zero attached hydrogens (tertiary/aromatic N) is 2. The van der Waals surface area contributed by atoms with E-state index in [1.807, 2.05) is 33.8 Å². The van der Waals surface area contributed by atoms with Gasteiger partial charge in [0.2, 0.25) is 0 Å². The molecule has 0 amide bonds. The fourth-order valence-electron chi connectivity index (χ4n) is 3.04. The van der Waals surface area contributed by atoms with Crippen LogP contribution in [0.3, 0.4) is 0 Å². The lowest BCUT2D eigenvalue weighted by Crippen LogP contribution is -2.41. The van der Waals surface area contributed by atoms with Gasteiger partial charge in [0.1, 0.15) is 12.1 Å². The van der Waals surface area contributed by atoms with E-state index in [-0.39, 0.29) is 30.0 Å². The molecular formula is C17H18BFN2O2. The van der Waals surface area contributed by atoms with Crippen molar-refractivity contribution in [2.75, 3.05) is 0 Å². The number of hydrogen-bond donors (Lipinski definition) is 0. The van der Waals surface area contributed by atoms with Crippen LogP contribution in [0.2, 0.25) is 5.82 Å². The predicted molar refractivity (Wildman–Crippen MR) is 83.0 cm³/mol. The molecule has 1 heterocycles. The van der Waals surface area contributed by atoms with E-state index < -0.39 is 17.0 Å². The first-order chi connectivity index (χ1) is 10.7. The topological polar surface area (TPSA) is 66.0 Å². The van der Waals surface area contributed by atoms with Crippen molar-refractivity contribution in [2.24, 2.45) is 0 Å². The number of rotatable bonds is 2. The zero-order valence-corrected chi connectivity index (χ0v) is 13.7. The van der Waals surface area contributed by atoms with Gasteiger partial charge in [-0.2, -0.15) is 10.5 Å². The molecule has 6 heteroatoms. The van der Waals surface area contributed by atoms with Gasteiger partial charge >= 0.3 is 7.12 Å². The molecule has 0 aromatic heterocycles. The van der Waals surface area contributed by atoms with Gasteiger partial charge in [-0.15, -0.1) is 0 Å². The summed E-state index contributed by atoms with van der Waals surface area (Å²) >= 11 is 0. The summed E-state index contributed by atoms with van der Waals surface area (Å²) in [5, 5.41) is 18.1. The van der Waals surface area contributed by atoms with Crippen LogP contribution in [0, 0.1) is 28.5 Å². The Kier molecular flexibility index (Phi) is 3.52. The van der Waals surface area contributed by atoms with Gasteiger partial charge in [-0.1, -0.05) is 6.07 Å². The average Bonchev–Trinajstić information content (AvgIpc) is 3.21. The average molecular weight is 312 g/mol. The molecule has 1 saturated carbocycles. The molecular weight excluding hydrogens is 294 g/mol. The van der Waals surface area contributed by atoms with Gasteiger partial charge in [-0.3, -0.25) is 0 Å². The van der Waals surface area contributed by atoms with E-state index >= 15 is 0 Å². The van der Waals surface area contributed by atoms with Crippen molar-refractivity contribution in [3.63, 3.8) is 0 Å². The summed E-state index contributed by atoms with van der Waals surface area (Å²) in [6.07, 6.45) is 0.789. The summed E-state index contributed by atoms with van der Waals surface area (Å²) < 4.78 is 26.2. The second-order valence-corrected chi connectivity index (χ2v) is 7.25. The minimum Gasteiger partial charge on any atom is -0.403 e. The molecule has 1 aromatic rings. The van der Waals surface area contributed by atoms with E-state index in [4.69, 9.17) is 14.6 Å². The molecule has 1 aromatic carbocycles. The van der Waals surface area contributed by atoms with Crippen LogP contribution in [-0.4, -0.2) is 18.3 Å². The fourth-order valence-corrected chi connectivity index (χ4v) is 3.04. The first-order valence-electron chi connectivity index (χ1n) is 7.70. The summed E-state index contributed by atoms with van der Waals surface area (Å²) in [5.74, 6) is -0.593. The Morgan fingerprint density at radius 3 is 2.26 bits per heavy atom. The highest BCUT2D eigenvalue weighted by Gasteiger charge is 2.60. The highest BCUT2D eigenvalue weighted by Crippen LogP contribution is 2.59. The van der Waals surface area contributed by atoms with Gasteiger partial charge < -0.3 is 9.31 Å². The first kappa shape index (κ1) is 16.0. The molecule has 1 aliphatic carbocycles. The van der Waals surface area contributed by atoms with E-state index in [0.717, 1.165) is 6.42 Å². The highest BCUT2D eigenvalue weighted by molar-refractivity contribution is 6.49. The lowest BCUT2D eigenvalue weighted by Gasteiger charge is -2.32. The molecule has 2 atom stereocenters. The van der Waals surface area contributed by atoms with Crippen LogP contribution < -0.4 is 0 Å². The van der Waals surface area contributed by atoms with Crippen molar-refractivity contribution in [3.05, 3.63) is 34.6 Å². The first-order valence-corrected chi connectivity index (χ1v) is 7.70. The Labute approximate surface area is 136 Å². The van der Waals surface area contributed by atoms with Crippen molar-refractivity contribution in [1.29, 1.82) is 10.5 Å². The Morgan fingerprint density at radius 2 is 1.74 bits per heavy atom. The quantitative estimate of drug-likeness (QED) is 0.784. The third-order valence-corrected chi connectivity index (χ3v) is 5.27. The van der Waals surface area contributed by atoms with E-state index in [0.29, 0.717) is 5.56 Å². The van der Waals surface area contributed by atoms with Crippen molar-refractivity contribution < 1.29 is 13.7 Å². The Balaban J connectivity index is 1.85. The summed E-state index contributed by atoms with van der Waals surface area (Å²) in [6.45, 7) is 7.97. The third kappa shape index (κ3) is 2.43. The minimum atomic E-state index is -0.730. The van der Waals surface area contributed by atoms with Crippen molar-refractivity contribution in [3.8, 4) is 12.1 Å².